The number of halogens is 2. The van der Waals surface area contributed by atoms with Crippen LogP contribution in [0.2, 0.25) is 10.0 Å². The van der Waals surface area contributed by atoms with E-state index >= 15 is 14.4 Å². The number of carboxylic acids is 1. The number of primary amides is 1. The van der Waals surface area contributed by atoms with E-state index in [1.165, 1.54) is 52.3 Å². The SMILES string of the molecule is CN[C@H](CC(C)C)C(=O)NC1C(=O)C[C@@H](CC(N)=O)C(=O)N[C@H]2C(=O)C[C@H]3C(=O)N[C@H](C(=O)N[C@@H](C(=O)O)c4cc(O)cc(O)c4-c4cc3ccc4O)[C@H](O)c3ccc(c(Cl)c3)Oc3cc2cc(c3O[C@@H]2O[C@H](COC)[C@@H](O)[C@H](O)[C@H]2O[C@H]2C[C@](C)(N)[C@H](O)[C@H](C)O2)Oc2ccc(cc2Cl)[C@H]1O. The Labute approximate surface area is 592 Å². The molecular formula is C69H79Cl2N7O24. The topological polar surface area (TPSA) is 495 Å². The fourth-order valence-electron chi connectivity index (χ4n) is 13.2. The average molecular weight is 1460 g/mol. The zero-order chi connectivity index (χ0) is 74.2. The average Bonchev–Trinajstić information content (AvgIpc) is 0.768. The molecule has 102 heavy (non-hydrogen) atoms. The highest BCUT2D eigenvalue weighted by atomic mass is 35.5. The van der Waals surface area contributed by atoms with Gasteiger partial charge in [0.05, 0.1) is 46.7 Å². The van der Waals surface area contributed by atoms with Crippen LogP contribution in [0.5, 0.6) is 46.0 Å². The second-order valence-electron chi connectivity index (χ2n) is 26.6. The fourth-order valence-corrected chi connectivity index (χ4v) is 13.6. The number of likely N-dealkylation sites (N-methyl/N-ethyl adjacent to an activating group) is 1. The highest BCUT2D eigenvalue weighted by Crippen LogP contribution is 2.50. The van der Waals surface area contributed by atoms with E-state index in [2.05, 4.69) is 26.6 Å². The first kappa shape index (κ1) is 75.9. The summed E-state index contributed by atoms with van der Waals surface area (Å²) in [4.78, 5) is 118. The first-order chi connectivity index (χ1) is 48.2. The molecule has 548 valence electrons. The Bertz CT molecular complexity index is 4090. The molecule has 12 rings (SSSR count). The van der Waals surface area contributed by atoms with Gasteiger partial charge < -0.3 is 117 Å². The van der Waals surface area contributed by atoms with Gasteiger partial charge in [0.2, 0.25) is 41.6 Å². The number of ether oxygens (including phenoxy) is 7. The Morgan fingerprint density at radius 2 is 1.38 bits per heavy atom. The third kappa shape index (κ3) is 16.2. The number of aromatic hydroxyl groups is 3. The predicted molar refractivity (Wildman–Crippen MR) is 357 cm³/mol. The molecule has 0 aliphatic carbocycles. The molecule has 1 unspecified atom stereocenters. The second kappa shape index (κ2) is 31.0. The summed E-state index contributed by atoms with van der Waals surface area (Å²) >= 11 is 14.2. The third-order valence-electron chi connectivity index (χ3n) is 18.5. The molecule has 0 saturated carbocycles. The molecule has 2 fully saturated rings. The van der Waals surface area contributed by atoms with Crippen LogP contribution in [0.3, 0.4) is 0 Å². The number of nitrogens with one attached hydrogen (secondary N) is 5. The van der Waals surface area contributed by atoms with Crippen molar-refractivity contribution < 1.29 is 117 Å². The van der Waals surface area contributed by atoms with Crippen LogP contribution in [0.1, 0.15) is 118 Å². The van der Waals surface area contributed by atoms with Crippen LogP contribution in [-0.2, 0) is 57.3 Å². The van der Waals surface area contributed by atoms with Crippen molar-refractivity contribution in [1.82, 2.24) is 26.6 Å². The summed E-state index contributed by atoms with van der Waals surface area (Å²) < 4.78 is 44.3. The van der Waals surface area contributed by atoms with Crippen LogP contribution in [0, 0.1) is 11.8 Å². The number of phenols is 3. The van der Waals surface area contributed by atoms with Gasteiger partial charge in [0, 0.05) is 61.1 Å². The van der Waals surface area contributed by atoms with Gasteiger partial charge in [-0.2, -0.15) is 0 Å². The molecule has 33 heteroatoms. The van der Waals surface area contributed by atoms with Crippen molar-refractivity contribution >= 4 is 70.3 Å². The van der Waals surface area contributed by atoms with Crippen LogP contribution < -0.4 is 52.3 Å². The summed E-state index contributed by atoms with van der Waals surface area (Å²) in [5.74, 6) is -18.2. The lowest BCUT2D eigenvalue weighted by Gasteiger charge is -2.47. The number of amides is 5. The summed E-state index contributed by atoms with van der Waals surface area (Å²) in [5.41, 5.74) is 8.62. The number of aliphatic carboxylic acids is 1. The summed E-state index contributed by atoms with van der Waals surface area (Å²) in [5, 5.41) is 116. The molecule has 31 nitrogen and oxygen atoms in total. The van der Waals surface area contributed by atoms with E-state index in [1.807, 2.05) is 13.8 Å². The Kier molecular flexibility index (Phi) is 23.1. The predicted octanol–water partition coefficient (Wildman–Crippen LogP) is 2.74. The number of aliphatic hydroxyl groups excluding tert-OH is 5. The minimum absolute atomic E-state index is 0.0721. The van der Waals surface area contributed by atoms with Gasteiger partial charge in [0.25, 0.3) is 0 Å². The number of hydrogen-bond donors (Lipinski definition) is 16. The molecular weight excluding hydrogens is 1380 g/mol. The molecule has 11 bridgehead atoms. The maximum Gasteiger partial charge on any atom is 0.330 e. The van der Waals surface area contributed by atoms with E-state index in [0.717, 1.165) is 54.6 Å². The normalized spacial score (nSPS) is 29.4. The van der Waals surface area contributed by atoms with Crippen LogP contribution >= 0.6 is 23.2 Å². The van der Waals surface area contributed by atoms with Crippen molar-refractivity contribution in [1.29, 1.82) is 0 Å². The minimum Gasteiger partial charge on any atom is -0.508 e. The first-order valence-corrected chi connectivity index (χ1v) is 33.2. The highest BCUT2D eigenvalue weighted by Gasteiger charge is 2.52. The maximum absolute atomic E-state index is 16.2. The first-order valence-electron chi connectivity index (χ1n) is 32.4. The Morgan fingerprint density at radius 1 is 0.745 bits per heavy atom. The van der Waals surface area contributed by atoms with Crippen molar-refractivity contribution in [3.8, 4) is 57.1 Å². The molecule has 0 radical (unpaired) electrons. The fraction of sp³-hybridized carbons (Fsp3) is 0.449. The summed E-state index contributed by atoms with van der Waals surface area (Å²) in [6, 6.07) is 4.84. The standard InChI is InChI=1S/C69H79Cl2N7O24/c1-26(2)13-39(74-5)65(92)77-54-42(82)17-32(20-49(72)84)63(90)75-52-31-18-46(98-44-11-8-29(56(54)85)15-37(44)70)60(102-68-61(59(88)58(87)48(100-68)25-96-6)101-50-24-69(4,73)62(89)27(3)97-50)47(19-31)99-45-12-9-30(16-38(45)71)57(86)55-66(93)76-53(67(94)95)36-21-33(79)22-41(81)51(36)35-14-28(7-10-40(35)80)34(23-43(52)83)64(91)78-55/h7-12,14-16,18-19,21-22,26-27,32,34,39,48,50,52-59,61-62,68,74,79-81,85-89H,13,17,20,23-25,73H2,1-6H3,(H2,72,84)(H,75,90)(H,76,93)(H,77,92)(H,78,91)(H,94,95)/t27-,32-,34+,39+,48+,50-,52+,53+,54?,55-,56+,57+,58+,59-,61+,62+,68-,69-/m0/s1. The van der Waals surface area contributed by atoms with Crippen molar-refractivity contribution in [2.45, 2.75) is 163 Å². The number of phenolic OH excluding ortho intramolecular Hbond substituents is 3. The number of Topliss-reactive ketones (excluding diaryl/α,β-unsaturated/α-hetero) is 2. The Hall–Kier alpha value is -8.80. The van der Waals surface area contributed by atoms with Gasteiger partial charge in [-0.05, 0) is 110 Å². The molecule has 7 aliphatic rings. The van der Waals surface area contributed by atoms with Gasteiger partial charge in [0.15, 0.2) is 41.5 Å². The van der Waals surface area contributed by atoms with Crippen molar-refractivity contribution in [2.24, 2.45) is 23.3 Å². The number of benzene rings is 5. The number of aliphatic hydroxyl groups is 5. The van der Waals surface area contributed by atoms with Gasteiger partial charge in [-0.3, -0.25) is 33.6 Å². The van der Waals surface area contributed by atoms with Crippen molar-refractivity contribution in [3.63, 3.8) is 0 Å². The third-order valence-corrected chi connectivity index (χ3v) is 19.1. The number of hydrogen-bond acceptors (Lipinski definition) is 25. The number of fused-ring (bicyclic) bond motifs is 15. The molecule has 2 saturated heterocycles. The van der Waals surface area contributed by atoms with Crippen LogP contribution in [0.25, 0.3) is 11.1 Å². The van der Waals surface area contributed by atoms with Gasteiger partial charge in [-0.15, -0.1) is 0 Å². The van der Waals surface area contributed by atoms with Crippen LogP contribution in [-0.4, -0.2) is 187 Å². The number of carbonyl (C=O) groups is 8. The minimum atomic E-state index is -2.24. The van der Waals surface area contributed by atoms with Crippen molar-refractivity contribution in [3.05, 3.63) is 117 Å². The van der Waals surface area contributed by atoms with E-state index in [0.29, 0.717) is 0 Å². The smallest absolute Gasteiger partial charge is 0.330 e. The molecule has 7 heterocycles. The summed E-state index contributed by atoms with van der Waals surface area (Å²) in [7, 11) is 2.78. The molecule has 7 aliphatic heterocycles. The zero-order valence-corrected chi connectivity index (χ0v) is 57.2. The number of ketones is 2. The molecule has 5 aromatic rings. The van der Waals surface area contributed by atoms with Crippen LogP contribution in [0.4, 0.5) is 0 Å². The second-order valence-corrected chi connectivity index (χ2v) is 27.4. The molecule has 18 N–H and O–H groups in total. The van der Waals surface area contributed by atoms with Gasteiger partial charge in [-0.1, -0.05) is 55.2 Å². The zero-order valence-electron chi connectivity index (χ0n) is 55.7. The highest BCUT2D eigenvalue weighted by molar-refractivity contribution is 6.32. The Morgan fingerprint density at radius 3 is 1.97 bits per heavy atom. The van der Waals surface area contributed by atoms with Gasteiger partial charge in [-0.25, -0.2) is 4.79 Å². The van der Waals surface area contributed by atoms with E-state index in [9.17, 15) is 69.9 Å². The number of nitrogens with two attached hydrogens (primary N) is 2. The quantitative estimate of drug-likeness (QED) is 0.0760. The molecule has 0 spiro atoms. The summed E-state index contributed by atoms with van der Waals surface area (Å²) in [6.45, 7) is 6.34. The van der Waals surface area contributed by atoms with Gasteiger partial charge in [0.1, 0.15) is 77.4 Å². The Balaban J connectivity index is 1.24. The molecule has 18 atom stereocenters. The number of carboxylic acid groups (broad SMARTS) is 1. The number of methoxy groups -OCH3 is 1. The molecule has 5 amide bonds. The van der Waals surface area contributed by atoms with E-state index in [1.54, 1.807) is 0 Å². The lowest BCUT2D eigenvalue weighted by Crippen LogP contribution is -2.64. The lowest BCUT2D eigenvalue weighted by molar-refractivity contribution is -0.334. The number of rotatable bonds is 14. The summed E-state index contributed by atoms with van der Waals surface area (Å²) in [6.07, 6.45) is -19.5. The largest absolute Gasteiger partial charge is 0.508 e. The molecule has 5 aromatic carbocycles. The monoisotopic (exact) mass is 1460 g/mol. The van der Waals surface area contributed by atoms with E-state index in [-0.39, 0.29) is 64.1 Å². The molecule has 0 aromatic heterocycles. The van der Waals surface area contributed by atoms with Gasteiger partial charge >= 0.3 is 5.97 Å². The van der Waals surface area contributed by atoms with Crippen molar-refractivity contribution in [2.75, 3.05) is 20.8 Å². The number of carbonyl (C=O) groups excluding carboxylic acids is 7. The lowest BCUT2D eigenvalue weighted by atomic mass is 9.84. The van der Waals surface area contributed by atoms with E-state index in [4.69, 9.17) is 67.8 Å². The van der Waals surface area contributed by atoms with E-state index < -0.39 is 232 Å². The maximum atomic E-state index is 16.2. The van der Waals surface area contributed by atoms with Crippen LogP contribution in [0.15, 0.2) is 78.9 Å².